The number of nitrogens with one attached hydrogen (secondary N) is 1. The minimum Gasteiger partial charge on any atom is -0.493 e. The van der Waals surface area contributed by atoms with E-state index in [1.165, 1.54) is 6.33 Å². The molecule has 3 heterocycles. The Bertz CT molecular complexity index is 1110. The predicted molar refractivity (Wildman–Crippen MR) is 122 cm³/mol. The van der Waals surface area contributed by atoms with E-state index in [-0.39, 0.29) is 11.8 Å². The third kappa shape index (κ3) is 4.35. The van der Waals surface area contributed by atoms with Crippen LogP contribution in [0.5, 0.6) is 11.5 Å². The minimum absolute atomic E-state index is 0.0490. The van der Waals surface area contributed by atoms with Crippen LogP contribution < -0.4 is 19.7 Å². The van der Waals surface area contributed by atoms with Crippen LogP contribution in [0.25, 0.3) is 11.1 Å². The number of amides is 1. The van der Waals surface area contributed by atoms with Gasteiger partial charge in [-0.1, -0.05) is 6.07 Å². The number of piperidine rings is 1. The van der Waals surface area contributed by atoms with Gasteiger partial charge in [0.05, 0.1) is 25.0 Å². The highest BCUT2D eigenvalue weighted by Gasteiger charge is 2.28. The normalized spacial score (nSPS) is 16.2. The molecule has 1 amide bonds. The number of hydrogen-bond donors (Lipinski definition) is 1. The number of aryl methyl sites for hydroxylation is 2. The number of benzene rings is 1. The number of carbonyl (C=O) groups excluding carboxylic acids is 1. The van der Waals surface area contributed by atoms with Crippen molar-refractivity contribution in [2.75, 3.05) is 31.7 Å². The molecule has 1 aromatic carbocycles. The van der Waals surface area contributed by atoms with Gasteiger partial charge in [-0.3, -0.25) is 4.79 Å². The van der Waals surface area contributed by atoms with Crippen LogP contribution in [0.2, 0.25) is 0 Å². The predicted octanol–water partition coefficient (Wildman–Crippen LogP) is 3.78. The van der Waals surface area contributed by atoms with Crippen LogP contribution in [0, 0.1) is 19.8 Å². The number of carbonyl (C=O) groups is 1. The van der Waals surface area contributed by atoms with Crippen molar-refractivity contribution in [1.29, 1.82) is 0 Å². The molecule has 0 saturated carbocycles. The molecule has 1 atom stereocenters. The van der Waals surface area contributed by atoms with Crippen molar-refractivity contribution in [3.63, 3.8) is 0 Å². The lowest BCUT2D eigenvalue weighted by atomic mass is 9.96. The lowest BCUT2D eigenvalue weighted by Gasteiger charge is -2.33. The molecule has 1 aliphatic heterocycles. The van der Waals surface area contributed by atoms with Crippen molar-refractivity contribution in [2.45, 2.75) is 40.2 Å². The van der Waals surface area contributed by atoms with Gasteiger partial charge in [0.15, 0.2) is 11.5 Å². The van der Waals surface area contributed by atoms with Gasteiger partial charge in [0.1, 0.15) is 17.9 Å². The summed E-state index contributed by atoms with van der Waals surface area (Å²) in [5.74, 6) is 3.01. The first-order valence-electron chi connectivity index (χ1n) is 11.0. The van der Waals surface area contributed by atoms with E-state index in [4.69, 9.17) is 13.9 Å². The maximum atomic E-state index is 13.0. The van der Waals surface area contributed by atoms with Crippen LogP contribution in [-0.2, 0) is 11.3 Å². The average molecular weight is 439 g/mol. The Morgan fingerprint density at radius 3 is 2.91 bits per heavy atom. The summed E-state index contributed by atoms with van der Waals surface area (Å²) in [5, 5.41) is 4.02. The summed E-state index contributed by atoms with van der Waals surface area (Å²) in [5.41, 5.74) is 2.61. The molecule has 0 aliphatic carbocycles. The fraction of sp³-hybridized carbons (Fsp3) is 0.458. The maximum Gasteiger partial charge on any atom is 0.231 e. The first kappa shape index (κ1) is 21.9. The molecule has 0 unspecified atom stereocenters. The number of hydrogen-bond acceptors (Lipinski definition) is 7. The van der Waals surface area contributed by atoms with Crippen LogP contribution in [0.1, 0.15) is 36.7 Å². The zero-order valence-corrected chi connectivity index (χ0v) is 19.1. The summed E-state index contributed by atoms with van der Waals surface area (Å²) in [6.07, 6.45) is 3.31. The fourth-order valence-corrected chi connectivity index (χ4v) is 4.22. The number of fused-ring (bicyclic) bond motifs is 1. The molecule has 3 aromatic rings. The highest BCUT2D eigenvalue weighted by Crippen LogP contribution is 2.33. The zero-order valence-electron chi connectivity index (χ0n) is 19.1. The maximum absolute atomic E-state index is 13.0. The van der Waals surface area contributed by atoms with Crippen molar-refractivity contribution in [1.82, 2.24) is 15.3 Å². The third-order valence-electron chi connectivity index (χ3n) is 6.03. The van der Waals surface area contributed by atoms with E-state index in [1.807, 2.05) is 39.0 Å². The van der Waals surface area contributed by atoms with Gasteiger partial charge < -0.3 is 24.1 Å². The second kappa shape index (κ2) is 9.46. The van der Waals surface area contributed by atoms with Crippen LogP contribution in [-0.4, -0.2) is 42.7 Å². The number of ether oxygens (including phenoxy) is 2. The molecular formula is C24H30N4O4. The number of nitrogens with zero attached hydrogens (tertiary/aromatic N) is 3. The Balaban J connectivity index is 1.44. The molecule has 1 saturated heterocycles. The Kier molecular flexibility index (Phi) is 6.48. The number of rotatable bonds is 7. The summed E-state index contributed by atoms with van der Waals surface area (Å²) in [6.45, 7) is 8.37. The van der Waals surface area contributed by atoms with Gasteiger partial charge in [0, 0.05) is 25.2 Å². The second-order valence-electron chi connectivity index (χ2n) is 8.08. The minimum atomic E-state index is -0.105. The number of furan rings is 1. The van der Waals surface area contributed by atoms with Crippen molar-refractivity contribution in [2.24, 2.45) is 5.92 Å². The first-order valence-corrected chi connectivity index (χ1v) is 11.0. The molecule has 170 valence electrons. The Morgan fingerprint density at radius 2 is 2.12 bits per heavy atom. The molecule has 4 rings (SSSR count). The fourth-order valence-electron chi connectivity index (χ4n) is 4.22. The highest BCUT2D eigenvalue weighted by molar-refractivity contribution is 5.90. The Morgan fingerprint density at radius 1 is 1.28 bits per heavy atom. The summed E-state index contributed by atoms with van der Waals surface area (Å²) >= 11 is 0. The number of aromatic nitrogens is 2. The van der Waals surface area contributed by atoms with Gasteiger partial charge in [-0.2, -0.15) is 0 Å². The van der Waals surface area contributed by atoms with E-state index >= 15 is 0 Å². The summed E-state index contributed by atoms with van der Waals surface area (Å²) in [4.78, 5) is 23.9. The first-order chi connectivity index (χ1) is 15.5. The van der Waals surface area contributed by atoms with E-state index in [2.05, 4.69) is 20.2 Å². The van der Waals surface area contributed by atoms with Gasteiger partial charge in [-0.15, -0.1) is 0 Å². The van der Waals surface area contributed by atoms with Crippen molar-refractivity contribution >= 4 is 22.8 Å². The van der Waals surface area contributed by atoms with Crippen LogP contribution in [0.3, 0.4) is 0 Å². The largest absolute Gasteiger partial charge is 0.493 e. The number of anilines is 1. The molecule has 32 heavy (non-hydrogen) atoms. The lowest BCUT2D eigenvalue weighted by Crippen LogP contribution is -2.43. The van der Waals surface area contributed by atoms with E-state index in [9.17, 15) is 4.79 Å². The quantitative estimate of drug-likeness (QED) is 0.600. The van der Waals surface area contributed by atoms with E-state index < -0.39 is 0 Å². The second-order valence-corrected chi connectivity index (χ2v) is 8.08. The monoisotopic (exact) mass is 438 g/mol. The van der Waals surface area contributed by atoms with Crippen LogP contribution in [0.4, 0.5) is 5.82 Å². The van der Waals surface area contributed by atoms with Gasteiger partial charge >= 0.3 is 0 Å². The van der Waals surface area contributed by atoms with E-state index in [0.717, 1.165) is 47.5 Å². The van der Waals surface area contributed by atoms with E-state index in [1.54, 1.807) is 7.11 Å². The summed E-state index contributed by atoms with van der Waals surface area (Å²) < 4.78 is 16.7. The highest BCUT2D eigenvalue weighted by atomic mass is 16.5. The Labute approximate surface area is 187 Å². The SMILES string of the molecule is CCOc1ccc(CNC(=O)[C@@H]2CCCN(c3ncnc4oc(C)c(C)c34)C2)cc1OC. The average Bonchev–Trinajstić information content (AvgIpc) is 3.12. The van der Waals surface area contributed by atoms with Gasteiger partial charge in [0.2, 0.25) is 11.6 Å². The molecule has 8 heteroatoms. The number of methoxy groups -OCH3 is 1. The molecule has 1 N–H and O–H groups in total. The molecule has 0 bridgehead atoms. The van der Waals surface area contributed by atoms with Crippen molar-refractivity contribution < 1.29 is 18.7 Å². The van der Waals surface area contributed by atoms with E-state index in [0.29, 0.717) is 36.9 Å². The molecule has 1 fully saturated rings. The molecule has 0 spiro atoms. The van der Waals surface area contributed by atoms with Gasteiger partial charge in [-0.25, -0.2) is 9.97 Å². The van der Waals surface area contributed by atoms with Crippen molar-refractivity contribution in [3.05, 3.63) is 41.4 Å². The molecule has 1 aliphatic rings. The lowest BCUT2D eigenvalue weighted by molar-refractivity contribution is -0.125. The standard InChI is InChI=1S/C24H30N4O4/c1-5-31-19-9-8-17(11-20(19)30-4)12-25-23(29)18-7-6-10-28(13-18)22-21-15(2)16(3)32-24(21)27-14-26-22/h8-9,11,14,18H,5-7,10,12-13H2,1-4H3,(H,25,29)/t18-/m1/s1. The van der Waals surface area contributed by atoms with Crippen LogP contribution >= 0.6 is 0 Å². The zero-order chi connectivity index (χ0) is 22.7. The Hall–Kier alpha value is -3.29. The van der Waals surface area contributed by atoms with Crippen molar-refractivity contribution in [3.8, 4) is 11.5 Å². The smallest absolute Gasteiger partial charge is 0.231 e. The topological polar surface area (TPSA) is 89.7 Å². The summed E-state index contributed by atoms with van der Waals surface area (Å²) in [7, 11) is 1.62. The summed E-state index contributed by atoms with van der Waals surface area (Å²) in [6, 6.07) is 5.73. The van der Waals surface area contributed by atoms with Crippen LogP contribution in [0.15, 0.2) is 28.9 Å². The molecule has 0 radical (unpaired) electrons. The van der Waals surface area contributed by atoms with Gasteiger partial charge in [-0.05, 0) is 51.3 Å². The molecular weight excluding hydrogens is 408 g/mol. The van der Waals surface area contributed by atoms with Gasteiger partial charge in [0.25, 0.3) is 0 Å². The molecule has 8 nitrogen and oxygen atoms in total. The third-order valence-corrected chi connectivity index (χ3v) is 6.03. The molecule has 2 aromatic heterocycles.